The fourth-order valence-corrected chi connectivity index (χ4v) is 2.29. The van der Waals surface area contributed by atoms with Crippen molar-refractivity contribution in [1.82, 2.24) is 15.1 Å². The number of carbonyl (C=O) groups excluding carboxylic acids is 1. The summed E-state index contributed by atoms with van der Waals surface area (Å²) in [6.07, 6.45) is 6.44. The first-order valence-corrected chi connectivity index (χ1v) is 6.34. The third-order valence-electron chi connectivity index (χ3n) is 3.27. The summed E-state index contributed by atoms with van der Waals surface area (Å²) in [5, 5.41) is 7.03. The van der Waals surface area contributed by atoms with Crippen LogP contribution in [0, 0.1) is 0 Å². The molecule has 0 atom stereocenters. The van der Waals surface area contributed by atoms with E-state index in [2.05, 4.69) is 10.4 Å². The molecule has 1 saturated carbocycles. The summed E-state index contributed by atoms with van der Waals surface area (Å²) in [6.45, 7) is 0.944. The van der Waals surface area contributed by atoms with Crippen molar-refractivity contribution >= 4 is 11.6 Å². The second-order valence-electron chi connectivity index (χ2n) is 4.60. The first-order valence-electron chi connectivity index (χ1n) is 6.34. The molecule has 3 N–H and O–H groups in total. The number of anilines is 1. The number of carbonyl (C=O) groups is 1. The van der Waals surface area contributed by atoms with Crippen LogP contribution in [0.4, 0.5) is 5.69 Å². The first-order chi connectivity index (χ1) is 8.72. The van der Waals surface area contributed by atoms with Gasteiger partial charge in [0.25, 0.3) is 5.91 Å². The van der Waals surface area contributed by atoms with Gasteiger partial charge in [-0.05, 0) is 12.8 Å². The number of methoxy groups -OCH3 is 1. The van der Waals surface area contributed by atoms with E-state index < -0.39 is 0 Å². The molecule has 1 aromatic heterocycles. The lowest BCUT2D eigenvalue weighted by Crippen LogP contribution is -2.28. The number of nitrogen functional groups attached to an aromatic ring is 1. The van der Waals surface area contributed by atoms with E-state index >= 15 is 0 Å². The van der Waals surface area contributed by atoms with Gasteiger partial charge in [0.05, 0.1) is 18.3 Å². The minimum Gasteiger partial charge on any atom is -0.396 e. The molecule has 18 heavy (non-hydrogen) atoms. The average molecular weight is 252 g/mol. The third kappa shape index (κ3) is 2.81. The predicted molar refractivity (Wildman–Crippen MR) is 68.4 cm³/mol. The highest BCUT2D eigenvalue weighted by Gasteiger charge is 2.21. The van der Waals surface area contributed by atoms with Crippen LogP contribution in [0.15, 0.2) is 6.20 Å². The normalized spacial score (nSPS) is 16.1. The second kappa shape index (κ2) is 5.86. The van der Waals surface area contributed by atoms with Crippen LogP contribution in [0.5, 0.6) is 0 Å². The first kappa shape index (κ1) is 12.9. The largest absolute Gasteiger partial charge is 0.396 e. The molecule has 0 aromatic carbocycles. The molecule has 1 heterocycles. The fourth-order valence-electron chi connectivity index (χ4n) is 2.29. The van der Waals surface area contributed by atoms with E-state index in [1.807, 2.05) is 4.68 Å². The number of ether oxygens (including phenoxy) is 1. The summed E-state index contributed by atoms with van der Waals surface area (Å²) in [5.41, 5.74) is 6.60. The predicted octanol–water partition coefficient (Wildman–Crippen LogP) is 0.957. The Morgan fingerprint density at radius 1 is 1.61 bits per heavy atom. The fraction of sp³-hybridized carbons (Fsp3) is 0.667. The van der Waals surface area contributed by atoms with Crippen molar-refractivity contribution in [3.63, 3.8) is 0 Å². The van der Waals surface area contributed by atoms with Crippen LogP contribution in [0.25, 0.3) is 0 Å². The van der Waals surface area contributed by atoms with E-state index in [0.717, 1.165) is 12.8 Å². The Balaban J connectivity index is 2.01. The summed E-state index contributed by atoms with van der Waals surface area (Å²) >= 11 is 0. The Bertz CT molecular complexity index is 410. The summed E-state index contributed by atoms with van der Waals surface area (Å²) in [4.78, 5) is 11.8. The molecule has 0 radical (unpaired) electrons. The molecule has 6 nitrogen and oxygen atoms in total. The maximum Gasteiger partial charge on any atom is 0.274 e. The lowest BCUT2D eigenvalue weighted by Gasteiger charge is -2.08. The van der Waals surface area contributed by atoms with Gasteiger partial charge in [0.2, 0.25) is 0 Å². The van der Waals surface area contributed by atoms with Crippen molar-refractivity contribution < 1.29 is 9.53 Å². The lowest BCUT2D eigenvalue weighted by atomic mass is 10.3. The molecule has 1 amide bonds. The number of nitrogens with one attached hydrogen (secondary N) is 1. The summed E-state index contributed by atoms with van der Waals surface area (Å²) in [5.74, 6) is -0.235. The zero-order valence-corrected chi connectivity index (χ0v) is 10.7. The van der Waals surface area contributed by atoms with Gasteiger partial charge in [0.1, 0.15) is 0 Å². The Kier molecular flexibility index (Phi) is 4.19. The van der Waals surface area contributed by atoms with Crippen molar-refractivity contribution in [2.24, 2.45) is 0 Å². The minimum atomic E-state index is -0.235. The molecule has 0 bridgehead atoms. The molecule has 0 spiro atoms. The van der Waals surface area contributed by atoms with Gasteiger partial charge in [-0.2, -0.15) is 5.10 Å². The van der Waals surface area contributed by atoms with Crippen LogP contribution in [0.1, 0.15) is 42.2 Å². The number of rotatable bonds is 5. The van der Waals surface area contributed by atoms with E-state index in [-0.39, 0.29) is 5.91 Å². The second-order valence-corrected chi connectivity index (χ2v) is 4.60. The van der Waals surface area contributed by atoms with Gasteiger partial charge < -0.3 is 15.8 Å². The molecular formula is C12H20N4O2. The van der Waals surface area contributed by atoms with Gasteiger partial charge in [-0.1, -0.05) is 12.8 Å². The smallest absolute Gasteiger partial charge is 0.274 e. The molecule has 1 fully saturated rings. The zero-order chi connectivity index (χ0) is 13.0. The zero-order valence-electron chi connectivity index (χ0n) is 10.7. The molecule has 0 unspecified atom stereocenters. The lowest BCUT2D eigenvalue weighted by molar-refractivity contribution is 0.0932. The van der Waals surface area contributed by atoms with Gasteiger partial charge in [0.15, 0.2) is 5.69 Å². The molecule has 1 aromatic rings. The number of amides is 1. The number of aromatic nitrogens is 2. The molecule has 100 valence electrons. The van der Waals surface area contributed by atoms with Crippen molar-refractivity contribution in [3.8, 4) is 0 Å². The highest BCUT2D eigenvalue weighted by atomic mass is 16.5. The van der Waals surface area contributed by atoms with Crippen molar-refractivity contribution in [2.45, 2.75) is 31.7 Å². The van der Waals surface area contributed by atoms with Crippen LogP contribution in [-0.4, -0.2) is 35.9 Å². The quantitative estimate of drug-likeness (QED) is 0.765. The molecule has 1 aliphatic carbocycles. The van der Waals surface area contributed by atoms with Gasteiger partial charge in [-0.25, -0.2) is 0 Å². The van der Waals surface area contributed by atoms with E-state index in [1.54, 1.807) is 13.3 Å². The molecule has 0 saturated heterocycles. The van der Waals surface area contributed by atoms with Gasteiger partial charge in [-0.15, -0.1) is 0 Å². The summed E-state index contributed by atoms with van der Waals surface area (Å²) in [6, 6.07) is 0.396. The molecule has 2 rings (SSSR count). The SMILES string of the molecule is COCCNC(=O)c1nn(C2CCCC2)cc1N. The van der Waals surface area contributed by atoms with Crippen LogP contribution < -0.4 is 11.1 Å². The summed E-state index contributed by atoms with van der Waals surface area (Å²) in [7, 11) is 1.59. The number of hydrogen-bond donors (Lipinski definition) is 2. The van der Waals surface area contributed by atoms with Crippen molar-refractivity contribution in [1.29, 1.82) is 0 Å². The number of nitrogens with two attached hydrogens (primary N) is 1. The van der Waals surface area contributed by atoms with E-state index in [9.17, 15) is 4.79 Å². The molecule has 6 heteroatoms. The third-order valence-corrected chi connectivity index (χ3v) is 3.27. The highest BCUT2D eigenvalue weighted by molar-refractivity contribution is 5.96. The Morgan fingerprint density at radius 2 is 2.33 bits per heavy atom. The summed E-state index contributed by atoms with van der Waals surface area (Å²) < 4.78 is 6.71. The Hall–Kier alpha value is -1.56. The standard InChI is InChI=1S/C12H20N4O2/c1-18-7-6-14-12(17)11-10(13)8-16(15-11)9-4-2-3-5-9/h8-9H,2-7,13H2,1H3,(H,14,17). The Labute approximate surface area is 106 Å². The molecule has 1 aliphatic rings. The van der Waals surface area contributed by atoms with E-state index in [4.69, 9.17) is 10.5 Å². The van der Waals surface area contributed by atoms with E-state index in [0.29, 0.717) is 30.6 Å². The maximum absolute atomic E-state index is 11.8. The van der Waals surface area contributed by atoms with Crippen molar-refractivity contribution in [2.75, 3.05) is 26.0 Å². The van der Waals surface area contributed by atoms with Crippen molar-refractivity contribution in [3.05, 3.63) is 11.9 Å². The van der Waals surface area contributed by atoms with Crippen LogP contribution in [-0.2, 0) is 4.74 Å². The van der Waals surface area contributed by atoms with Crippen LogP contribution >= 0.6 is 0 Å². The van der Waals surface area contributed by atoms with Gasteiger partial charge in [-0.3, -0.25) is 9.48 Å². The minimum absolute atomic E-state index is 0.235. The topological polar surface area (TPSA) is 82.2 Å². The number of nitrogens with zero attached hydrogens (tertiary/aromatic N) is 2. The average Bonchev–Trinajstić information content (AvgIpc) is 2.97. The Morgan fingerprint density at radius 3 is 3.00 bits per heavy atom. The van der Waals surface area contributed by atoms with Gasteiger partial charge >= 0.3 is 0 Å². The van der Waals surface area contributed by atoms with Crippen LogP contribution in [0.2, 0.25) is 0 Å². The van der Waals surface area contributed by atoms with Gasteiger partial charge in [0, 0.05) is 19.9 Å². The molecular weight excluding hydrogens is 232 g/mol. The maximum atomic E-state index is 11.8. The van der Waals surface area contributed by atoms with Crippen LogP contribution in [0.3, 0.4) is 0 Å². The monoisotopic (exact) mass is 252 g/mol. The van der Waals surface area contributed by atoms with E-state index in [1.165, 1.54) is 12.8 Å². The highest BCUT2D eigenvalue weighted by Crippen LogP contribution is 2.29. The number of hydrogen-bond acceptors (Lipinski definition) is 4. The molecule has 0 aliphatic heterocycles.